The van der Waals surface area contributed by atoms with Crippen molar-refractivity contribution in [3.8, 4) is 11.5 Å². The van der Waals surface area contributed by atoms with E-state index in [0.717, 1.165) is 31.1 Å². The molecule has 0 aromatic heterocycles. The van der Waals surface area contributed by atoms with Gasteiger partial charge in [0.15, 0.2) is 11.5 Å². The van der Waals surface area contributed by atoms with E-state index in [9.17, 15) is 0 Å². The Kier molecular flexibility index (Phi) is 5.74. The molecule has 1 atom stereocenters. The highest BCUT2D eigenvalue weighted by atomic mass is 16.5. The number of nitrogens with one attached hydrogen (secondary N) is 1. The van der Waals surface area contributed by atoms with Crippen LogP contribution in [0.1, 0.15) is 27.7 Å². The summed E-state index contributed by atoms with van der Waals surface area (Å²) in [5.74, 6) is 2.32. The molecule has 1 aliphatic heterocycles. The average molecular weight is 292 g/mol. The fourth-order valence-electron chi connectivity index (χ4n) is 2.70. The number of nitrogens with zero attached hydrogens (tertiary/aromatic N) is 1. The lowest BCUT2D eigenvalue weighted by atomic mass is 10.0. The number of rotatable bonds is 6. The van der Waals surface area contributed by atoms with Gasteiger partial charge in [0, 0.05) is 37.4 Å². The van der Waals surface area contributed by atoms with Crippen molar-refractivity contribution in [2.45, 2.75) is 33.7 Å². The number of piperazine rings is 1. The minimum Gasteiger partial charge on any atom is -0.490 e. The van der Waals surface area contributed by atoms with Crippen LogP contribution in [0, 0.1) is 5.92 Å². The summed E-state index contributed by atoms with van der Waals surface area (Å²) in [6, 6.07) is 6.81. The SMILES string of the molecule is CCOc1ccc(N2CCNC(C(C)C)C2)cc1OCC. The fraction of sp³-hybridized carbons (Fsp3) is 0.647. The van der Waals surface area contributed by atoms with Gasteiger partial charge in [-0.2, -0.15) is 0 Å². The molecule has 118 valence electrons. The topological polar surface area (TPSA) is 33.7 Å². The van der Waals surface area contributed by atoms with E-state index >= 15 is 0 Å². The van der Waals surface area contributed by atoms with Crippen LogP contribution in [0.5, 0.6) is 11.5 Å². The molecule has 1 aromatic carbocycles. The molecule has 0 radical (unpaired) electrons. The highest BCUT2D eigenvalue weighted by Gasteiger charge is 2.22. The minimum atomic E-state index is 0.542. The van der Waals surface area contributed by atoms with E-state index in [4.69, 9.17) is 9.47 Å². The van der Waals surface area contributed by atoms with E-state index in [-0.39, 0.29) is 0 Å². The third-order valence-corrected chi connectivity index (χ3v) is 3.90. The third kappa shape index (κ3) is 4.03. The first kappa shape index (κ1) is 16.0. The van der Waals surface area contributed by atoms with E-state index in [0.29, 0.717) is 25.2 Å². The summed E-state index contributed by atoms with van der Waals surface area (Å²) in [5.41, 5.74) is 1.22. The summed E-state index contributed by atoms with van der Waals surface area (Å²) in [4.78, 5) is 2.43. The zero-order valence-electron chi connectivity index (χ0n) is 13.7. The van der Waals surface area contributed by atoms with Crippen molar-refractivity contribution >= 4 is 5.69 Å². The van der Waals surface area contributed by atoms with Crippen LogP contribution in [0.3, 0.4) is 0 Å². The van der Waals surface area contributed by atoms with Crippen LogP contribution in [0.15, 0.2) is 18.2 Å². The molecular weight excluding hydrogens is 264 g/mol. The van der Waals surface area contributed by atoms with Crippen molar-refractivity contribution in [1.29, 1.82) is 0 Å². The van der Waals surface area contributed by atoms with Gasteiger partial charge in [-0.15, -0.1) is 0 Å². The van der Waals surface area contributed by atoms with Gasteiger partial charge >= 0.3 is 0 Å². The maximum Gasteiger partial charge on any atom is 0.163 e. The molecule has 4 nitrogen and oxygen atoms in total. The molecule has 1 aliphatic rings. The lowest BCUT2D eigenvalue weighted by molar-refractivity contribution is 0.287. The van der Waals surface area contributed by atoms with Gasteiger partial charge in [0.2, 0.25) is 0 Å². The molecule has 21 heavy (non-hydrogen) atoms. The molecule has 0 spiro atoms. The summed E-state index contributed by atoms with van der Waals surface area (Å²) in [7, 11) is 0. The highest BCUT2D eigenvalue weighted by molar-refractivity contribution is 5.56. The van der Waals surface area contributed by atoms with Crippen molar-refractivity contribution < 1.29 is 9.47 Å². The molecule has 1 unspecified atom stereocenters. The third-order valence-electron chi connectivity index (χ3n) is 3.90. The minimum absolute atomic E-state index is 0.542. The van der Waals surface area contributed by atoms with Crippen LogP contribution in [0.25, 0.3) is 0 Å². The summed E-state index contributed by atoms with van der Waals surface area (Å²) in [6.07, 6.45) is 0. The van der Waals surface area contributed by atoms with Crippen LogP contribution < -0.4 is 19.7 Å². The quantitative estimate of drug-likeness (QED) is 0.874. The second kappa shape index (κ2) is 7.55. The highest BCUT2D eigenvalue weighted by Crippen LogP contribution is 2.32. The van der Waals surface area contributed by atoms with Gasteiger partial charge in [0.05, 0.1) is 13.2 Å². The first-order valence-corrected chi connectivity index (χ1v) is 8.03. The van der Waals surface area contributed by atoms with Gasteiger partial charge < -0.3 is 19.7 Å². The second-order valence-electron chi connectivity index (χ2n) is 5.75. The summed E-state index contributed by atoms with van der Waals surface area (Å²) in [5, 5.41) is 3.59. The predicted octanol–water partition coefficient (Wildman–Crippen LogP) is 2.92. The maximum atomic E-state index is 5.73. The molecule has 1 heterocycles. The number of hydrogen-bond donors (Lipinski definition) is 1. The van der Waals surface area contributed by atoms with E-state index in [2.05, 4.69) is 36.2 Å². The first-order valence-electron chi connectivity index (χ1n) is 8.03. The van der Waals surface area contributed by atoms with Crippen molar-refractivity contribution in [3.05, 3.63) is 18.2 Å². The van der Waals surface area contributed by atoms with Crippen LogP contribution >= 0.6 is 0 Å². The fourth-order valence-corrected chi connectivity index (χ4v) is 2.70. The Morgan fingerprint density at radius 1 is 1.19 bits per heavy atom. The van der Waals surface area contributed by atoms with Crippen molar-refractivity contribution in [1.82, 2.24) is 5.32 Å². The van der Waals surface area contributed by atoms with Gasteiger partial charge in [-0.1, -0.05) is 13.8 Å². The molecule has 0 bridgehead atoms. The largest absolute Gasteiger partial charge is 0.490 e. The maximum absolute atomic E-state index is 5.73. The second-order valence-corrected chi connectivity index (χ2v) is 5.75. The zero-order chi connectivity index (χ0) is 15.2. The lowest BCUT2D eigenvalue weighted by Crippen LogP contribution is -2.52. The van der Waals surface area contributed by atoms with Gasteiger partial charge in [-0.05, 0) is 31.9 Å². The lowest BCUT2D eigenvalue weighted by Gasteiger charge is -2.37. The molecular formula is C17H28N2O2. The molecule has 0 amide bonds. The van der Waals surface area contributed by atoms with Crippen LogP contribution in [0.2, 0.25) is 0 Å². The van der Waals surface area contributed by atoms with Gasteiger partial charge in [0.25, 0.3) is 0 Å². The van der Waals surface area contributed by atoms with E-state index in [1.54, 1.807) is 0 Å². The molecule has 4 heteroatoms. The van der Waals surface area contributed by atoms with E-state index in [1.165, 1.54) is 5.69 Å². The van der Waals surface area contributed by atoms with Crippen molar-refractivity contribution in [2.75, 3.05) is 37.7 Å². The standard InChI is InChI=1S/C17H28N2O2/c1-5-20-16-8-7-14(11-17(16)21-6-2)19-10-9-18-15(12-19)13(3)4/h7-8,11,13,15,18H,5-6,9-10,12H2,1-4H3. The van der Waals surface area contributed by atoms with E-state index in [1.807, 2.05) is 19.9 Å². The normalized spacial score (nSPS) is 18.9. The average Bonchev–Trinajstić information content (AvgIpc) is 2.49. The molecule has 1 N–H and O–H groups in total. The monoisotopic (exact) mass is 292 g/mol. The summed E-state index contributed by atoms with van der Waals surface area (Å²) in [6.45, 7) is 12.9. The Morgan fingerprint density at radius 2 is 1.90 bits per heavy atom. The number of benzene rings is 1. The van der Waals surface area contributed by atoms with Crippen LogP contribution in [-0.4, -0.2) is 38.9 Å². The zero-order valence-corrected chi connectivity index (χ0v) is 13.7. The number of hydrogen-bond acceptors (Lipinski definition) is 4. The van der Waals surface area contributed by atoms with E-state index < -0.39 is 0 Å². The van der Waals surface area contributed by atoms with Crippen LogP contribution in [0.4, 0.5) is 5.69 Å². The molecule has 1 saturated heterocycles. The van der Waals surface area contributed by atoms with Crippen LogP contribution in [-0.2, 0) is 0 Å². The van der Waals surface area contributed by atoms with Crippen molar-refractivity contribution in [3.63, 3.8) is 0 Å². The summed E-state index contributed by atoms with van der Waals surface area (Å²) < 4.78 is 11.4. The molecule has 0 aliphatic carbocycles. The Bertz CT molecular complexity index is 448. The first-order chi connectivity index (χ1) is 10.2. The number of anilines is 1. The molecule has 2 rings (SSSR count). The molecule has 1 fully saturated rings. The molecule has 0 saturated carbocycles. The van der Waals surface area contributed by atoms with Gasteiger partial charge in [0.1, 0.15) is 0 Å². The Balaban J connectivity index is 2.17. The van der Waals surface area contributed by atoms with Gasteiger partial charge in [-0.25, -0.2) is 0 Å². The Labute approximate surface area is 128 Å². The smallest absolute Gasteiger partial charge is 0.163 e. The van der Waals surface area contributed by atoms with Crippen molar-refractivity contribution in [2.24, 2.45) is 5.92 Å². The Hall–Kier alpha value is -1.42. The van der Waals surface area contributed by atoms with Gasteiger partial charge in [-0.3, -0.25) is 0 Å². The Morgan fingerprint density at radius 3 is 2.57 bits per heavy atom. The summed E-state index contributed by atoms with van der Waals surface area (Å²) >= 11 is 0. The molecule has 1 aromatic rings. The predicted molar refractivity (Wildman–Crippen MR) is 87.6 cm³/mol. The number of ether oxygens (including phenoxy) is 2.